The van der Waals surface area contributed by atoms with Gasteiger partial charge < -0.3 is 19.9 Å². The van der Waals surface area contributed by atoms with Gasteiger partial charge in [-0.05, 0) is 11.6 Å². The van der Waals surface area contributed by atoms with Gasteiger partial charge in [0.05, 0.1) is 17.7 Å². The molecule has 3 rings (SSSR count). The lowest BCUT2D eigenvalue weighted by Crippen LogP contribution is -2.26. The fraction of sp³-hybridized carbons (Fsp3) is 0.235. The Bertz CT molecular complexity index is 705. The van der Waals surface area contributed by atoms with Gasteiger partial charge in [-0.15, -0.1) is 11.6 Å². The number of hydrogen-bond donors (Lipinski definition) is 2. The molecule has 120 valence electrons. The molecule has 6 heteroatoms. The summed E-state index contributed by atoms with van der Waals surface area (Å²) in [4.78, 5) is 11.5. The predicted molar refractivity (Wildman–Crippen MR) is 87.0 cm³/mol. The normalized spacial score (nSPS) is 14.4. The van der Waals surface area contributed by atoms with Crippen LogP contribution in [-0.4, -0.2) is 23.5 Å². The summed E-state index contributed by atoms with van der Waals surface area (Å²) in [5, 5.41) is 12.8. The van der Waals surface area contributed by atoms with Crippen molar-refractivity contribution in [3.63, 3.8) is 0 Å². The van der Waals surface area contributed by atoms with Crippen LogP contribution in [0.5, 0.6) is 11.5 Å². The van der Waals surface area contributed by atoms with Gasteiger partial charge in [0, 0.05) is 11.6 Å². The number of hydrogen-bond acceptors (Lipinski definition) is 4. The van der Waals surface area contributed by atoms with Crippen LogP contribution in [0.15, 0.2) is 42.5 Å². The number of aliphatic hydroxyl groups excluding tert-OH is 1. The second-order valence-corrected chi connectivity index (χ2v) is 5.48. The molecule has 0 aliphatic carbocycles. The van der Waals surface area contributed by atoms with Gasteiger partial charge in [-0.25, -0.2) is 0 Å². The van der Waals surface area contributed by atoms with Crippen LogP contribution >= 0.6 is 11.6 Å². The minimum absolute atomic E-state index is 0.0197. The molecule has 0 spiro atoms. The first-order valence-electron chi connectivity index (χ1n) is 7.18. The molecular weight excluding hydrogens is 318 g/mol. The van der Waals surface area contributed by atoms with E-state index >= 15 is 0 Å². The molecular formula is C17H16ClNO4. The molecule has 0 aromatic heterocycles. The van der Waals surface area contributed by atoms with Gasteiger partial charge in [0.15, 0.2) is 6.61 Å². The fourth-order valence-corrected chi connectivity index (χ4v) is 2.52. The van der Waals surface area contributed by atoms with Crippen molar-refractivity contribution in [1.29, 1.82) is 0 Å². The van der Waals surface area contributed by atoms with Crippen molar-refractivity contribution < 1.29 is 19.4 Å². The summed E-state index contributed by atoms with van der Waals surface area (Å²) in [5.74, 6) is 0.734. The first-order chi connectivity index (χ1) is 11.2. The maximum Gasteiger partial charge on any atom is 0.262 e. The Hall–Kier alpha value is -2.24. The van der Waals surface area contributed by atoms with Crippen molar-refractivity contribution in [3.05, 3.63) is 53.6 Å². The quantitative estimate of drug-likeness (QED) is 0.826. The zero-order valence-corrected chi connectivity index (χ0v) is 13.0. The van der Waals surface area contributed by atoms with E-state index in [-0.39, 0.29) is 18.4 Å². The average molecular weight is 334 g/mol. The Morgan fingerprint density at radius 1 is 1.30 bits per heavy atom. The van der Waals surface area contributed by atoms with Crippen molar-refractivity contribution in [3.8, 4) is 11.5 Å². The highest BCUT2D eigenvalue weighted by molar-refractivity contribution is 6.18. The number of carbonyl (C=O) groups excluding carboxylic acids is 1. The molecule has 0 saturated carbocycles. The summed E-state index contributed by atoms with van der Waals surface area (Å²) in [6.45, 7) is 0.296. The van der Waals surface area contributed by atoms with E-state index in [4.69, 9.17) is 21.1 Å². The Balaban J connectivity index is 1.88. The van der Waals surface area contributed by atoms with Gasteiger partial charge >= 0.3 is 0 Å². The second kappa shape index (κ2) is 6.89. The average Bonchev–Trinajstić information content (AvgIpc) is 2.59. The lowest BCUT2D eigenvalue weighted by Gasteiger charge is -2.23. The number of halogens is 1. The topological polar surface area (TPSA) is 67.8 Å². The fourth-order valence-electron chi connectivity index (χ4n) is 2.36. The number of anilines is 1. The van der Waals surface area contributed by atoms with E-state index < -0.39 is 6.10 Å². The SMILES string of the molecule is O=C1COc2c(cc(OCc3ccccc3)cc2C(O)CCl)N1. The van der Waals surface area contributed by atoms with Crippen LogP contribution in [0.25, 0.3) is 0 Å². The lowest BCUT2D eigenvalue weighted by atomic mass is 10.1. The number of fused-ring (bicyclic) bond motifs is 1. The molecule has 1 unspecified atom stereocenters. The Kier molecular flexibility index (Phi) is 4.69. The summed E-state index contributed by atoms with van der Waals surface area (Å²) in [6, 6.07) is 13.1. The van der Waals surface area contributed by atoms with Gasteiger partial charge in [0.2, 0.25) is 0 Å². The molecule has 0 saturated heterocycles. The molecule has 1 amide bonds. The van der Waals surface area contributed by atoms with E-state index in [1.165, 1.54) is 0 Å². The van der Waals surface area contributed by atoms with Crippen molar-refractivity contribution in [2.45, 2.75) is 12.7 Å². The van der Waals surface area contributed by atoms with Crippen molar-refractivity contribution in [2.24, 2.45) is 0 Å². The number of benzene rings is 2. The van der Waals surface area contributed by atoms with Gasteiger partial charge in [0.25, 0.3) is 5.91 Å². The maximum atomic E-state index is 11.5. The van der Waals surface area contributed by atoms with E-state index in [1.807, 2.05) is 30.3 Å². The molecule has 1 atom stereocenters. The van der Waals surface area contributed by atoms with Crippen molar-refractivity contribution >= 4 is 23.2 Å². The van der Waals surface area contributed by atoms with Crippen LogP contribution in [0.4, 0.5) is 5.69 Å². The number of aliphatic hydroxyl groups is 1. The summed E-state index contributed by atoms with van der Waals surface area (Å²) in [6.07, 6.45) is -0.902. The molecule has 2 aromatic rings. The highest BCUT2D eigenvalue weighted by atomic mass is 35.5. The molecule has 0 fully saturated rings. The number of rotatable bonds is 5. The van der Waals surface area contributed by atoms with E-state index in [1.54, 1.807) is 12.1 Å². The molecule has 5 nitrogen and oxygen atoms in total. The smallest absolute Gasteiger partial charge is 0.262 e. The molecule has 0 bridgehead atoms. The third-order valence-electron chi connectivity index (χ3n) is 3.47. The Morgan fingerprint density at radius 2 is 2.09 bits per heavy atom. The monoisotopic (exact) mass is 333 g/mol. The third-order valence-corrected chi connectivity index (χ3v) is 3.76. The van der Waals surface area contributed by atoms with Gasteiger partial charge in [-0.1, -0.05) is 30.3 Å². The summed E-state index contributed by atoms with van der Waals surface area (Å²) >= 11 is 5.75. The summed E-state index contributed by atoms with van der Waals surface area (Å²) in [7, 11) is 0. The first-order valence-corrected chi connectivity index (χ1v) is 7.72. The standard InChI is InChI=1S/C17H16ClNO4/c18-8-15(20)13-6-12(22-9-11-4-2-1-3-5-11)7-14-17(13)23-10-16(21)19-14/h1-7,15,20H,8-10H2,(H,19,21). The molecule has 0 radical (unpaired) electrons. The zero-order valence-electron chi connectivity index (χ0n) is 12.3. The van der Waals surface area contributed by atoms with Crippen molar-refractivity contribution in [2.75, 3.05) is 17.8 Å². The number of amides is 1. The maximum absolute atomic E-state index is 11.5. The molecule has 1 aliphatic heterocycles. The minimum atomic E-state index is -0.902. The van der Waals surface area contributed by atoms with E-state index in [9.17, 15) is 9.90 Å². The van der Waals surface area contributed by atoms with Crippen LogP contribution in [0.1, 0.15) is 17.2 Å². The van der Waals surface area contributed by atoms with Crippen LogP contribution < -0.4 is 14.8 Å². The van der Waals surface area contributed by atoms with E-state index in [0.29, 0.717) is 29.4 Å². The highest BCUT2D eigenvalue weighted by Crippen LogP contribution is 2.39. The molecule has 1 aliphatic rings. The molecule has 2 aromatic carbocycles. The first kappa shape index (κ1) is 15.6. The second-order valence-electron chi connectivity index (χ2n) is 5.17. The van der Waals surface area contributed by atoms with Crippen LogP contribution in [-0.2, 0) is 11.4 Å². The van der Waals surface area contributed by atoms with Crippen LogP contribution in [0.2, 0.25) is 0 Å². The Morgan fingerprint density at radius 3 is 2.83 bits per heavy atom. The Labute approximate surface area is 138 Å². The number of carbonyl (C=O) groups is 1. The van der Waals surface area contributed by atoms with Crippen molar-refractivity contribution in [1.82, 2.24) is 0 Å². The molecule has 1 heterocycles. The third kappa shape index (κ3) is 3.57. The van der Waals surface area contributed by atoms with E-state index in [0.717, 1.165) is 5.56 Å². The minimum Gasteiger partial charge on any atom is -0.489 e. The largest absolute Gasteiger partial charge is 0.489 e. The number of alkyl halides is 1. The zero-order chi connectivity index (χ0) is 16.2. The summed E-state index contributed by atoms with van der Waals surface area (Å²) < 4.78 is 11.2. The van der Waals surface area contributed by atoms with Gasteiger partial charge in [0.1, 0.15) is 18.1 Å². The van der Waals surface area contributed by atoms with Gasteiger partial charge in [-0.3, -0.25) is 4.79 Å². The predicted octanol–water partition coefficient (Wildman–Crippen LogP) is 2.87. The molecule has 2 N–H and O–H groups in total. The van der Waals surface area contributed by atoms with E-state index in [2.05, 4.69) is 5.32 Å². The number of nitrogens with one attached hydrogen (secondary N) is 1. The highest BCUT2D eigenvalue weighted by Gasteiger charge is 2.24. The summed E-state index contributed by atoms with van der Waals surface area (Å²) in [5.41, 5.74) is 2.00. The van der Waals surface area contributed by atoms with Gasteiger partial charge in [-0.2, -0.15) is 0 Å². The van der Waals surface area contributed by atoms with Crippen LogP contribution in [0, 0.1) is 0 Å². The number of ether oxygens (including phenoxy) is 2. The molecule has 23 heavy (non-hydrogen) atoms. The van der Waals surface area contributed by atoms with Crippen LogP contribution in [0.3, 0.4) is 0 Å². The lowest BCUT2D eigenvalue weighted by molar-refractivity contribution is -0.118.